The number of esters is 1. The number of hydrogen-bond donors (Lipinski definition) is 1. The van der Waals surface area contributed by atoms with Gasteiger partial charge in [-0.25, -0.2) is 14.8 Å². The molecule has 2 aliphatic carbocycles. The van der Waals surface area contributed by atoms with E-state index in [0.29, 0.717) is 12.5 Å². The Bertz CT molecular complexity index is 1310. The Morgan fingerprint density at radius 2 is 1.97 bits per heavy atom. The number of nitrogens with one attached hydrogen (secondary N) is 1. The van der Waals surface area contributed by atoms with Gasteiger partial charge in [0.05, 0.1) is 12.5 Å². The van der Waals surface area contributed by atoms with Crippen molar-refractivity contribution in [2.45, 2.75) is 63.8 Å². The molecule has 182 valence electrons. The predicted molar refractivity (Wildman–Crippen MR) is 135 cm³/mol. The second-order valence-electron chi connectivity index (χ2n) is 9.46. The summed E-state index contributed by atoms with van der Waals surface area (Å²) in [7, 11) is 1.42. The van der Waals surface area contributed by atoms with Gasteiger partial charge in [-0.05, 0) is 74.6 Å². The van der Waals surface area contributed by atoms with Crippen molar-refractivity contribution < 1.29 is 19.0 Å². The minimum absolute atomic E-state index is 0.268. The smallest absolute Gasteiger partial charge is 0.330 e. The van der Waals surface area contributed by atoms with E-state index in [1.54, 1.807) is 6.08 Å². The molecular weight excluding hydrogens is 462 g/mol. The Labute approximate surface area is 208 Å². The molecule has 0 unspecified atom stereocenters. The highest BCUT2D eigenvalue weighted by Crippen LogP contribution is 2.41. The van der Waals surface area contributed by atoms with E-state index in [0.717, 1.165) is 77.6 Å². The molecule has 1 N–H and O–H groups in total. The summed E-state index contributed by atoms with van der Waals surface area (Å²) in [4.78, 5) is 24.4. The molecule has 0 saturated heterocycles. The second-order valence-corrected chi connectivity index (χ2v) is 10.5. The molecule has 1 aliphatic heterocycles. The van der Waals surface area contributed by atoms with Crippen LogP contribution in [0, 0.1) is 0 Å². The van der Waals surface area contributed by atoms with Crippen LogP contribution in [-0.4, -0.2) is 29.8 Å². The van der Waals surface area contributed by atoms with Crippen molar-refractivity contribution in [2.24, 2.45) is 0 Å². The van der Waals surface area contributed by atoms with E-state index < -0.39 is 0 Å². The van der Waals surface area contributed by atoms with Gasteiger partial charge < -0.3 is 19.5 Å². The Hall–Kier alpha value is -3.13. The summed E-state index contributed by atoms with van der Waals surface area (Å²) in [5.74, 6) is 3.48. The van der Waals surface area contributed by atoms with Gasteiger partial charge in [-0.15, -0.1) is 11.3 Å². The molecule has 0 spiro atoms. The SMILES string of the molecule is COC(=O)C=C1CCC(c2nc(NCc3ccc4c(c3)OCO4)c3c4c(sc3n2)CCCC4)CC1. The van der Waals surface area contributed by atoms with Crippen LogP contribution < -0.4 is 14.8 Å². The molecule has 0 atom stereocenters. The van der Waals surface area contributed by atoms with Crippen molar-refractivity contribution in [3.8, 4) is 11.5 Å². The van der Waals surface area contributed by atoms with Crippen LogP contribution in [0.3, 0.4) is 0 Å². The number of allylic oxidation sites excluding steroid dienone is 1. The Kier molecular flexibility index (Phi) is 6.06. The van der Waals surface area contributed by atoms with E-state index in [4.69, 9.17) is 24.2 Å². The summed E-state index contributed by atoms with van der Waals surface area (Å²) in [6.45, 7) is 0.935. The van der Waals surface area contributed by atoms with Gasteiger partial charge in [0.2, 0.25) is 6.79 Å². The van der Waals surface area contributed by atoms with Crippen molar-refractivity contribution in [1.29, 1.82) is 0 Å². The van der Waals surface area contributed by atoms with Crippen LogP contribution in [0.1, 0.15) is 66.3 Å². The number of fused-ring (bicyclic) bond motifs is 4. The number of methoxy groups -OCH3 is 1. The highest BCUT2D eigenvalue weighted by Gasteiger charge is 2.26. The summed E-state index contributed by atoms with van der Waals surface area (Å²) in [5.41, 5.74) is 3.71. The largest absolute Gasteiger partial charge is 0.466 e. The molecule has 3 heterocycles. The minimum Gasteiger partial charge on any atom is -0.466 e. The van der Waals surface area contributed by atoms with Gasteiger partial charge in [0.1, 0.15) is 16.5 Å². The fourth-order valence-corrected chi connectivity index (χ4v) is 6.61. The van der Waals surface area contributed by atoms with Crippen molar-refractivity contribution >= 4 is 33.3 Å². The summed E-state index contributed by atoms with van der Waals surface area (Å²) >= 11 is 1.84. The molecule has 0 amide bonds. The van der Waals surface area contributed by atoms with Gasteiger partial charge in [-0.1, -0.05) is 11.6 Å². The Morgan fingerprint density at radius 1 is 1.14 bits per heavy atom. The zero-order valence-electron chi connectivity index (χ0n) is 19.9. The predicted octanol–water partition coefficient (Wildman–Crippen LogP) is 5.67. The molecule has 6 rings (SSSR count). The number of thiophene rings is 1. The maximum Gasteiger partial charge on any atom is 0.330 e. The Balaban J connectivity index is 1.29. The molecule has 35 heavy (non-hydrogen) atoms. The minimum atomic E-state index is -0.268. The van der Waals surface area contributed by atoms with Crippen molar-refractivity contribution in [1.82, 2.24) is 9.97 Å². The van der Waals surface area contributed by atoms with E-state index >= 15 is 0 Å². The summed E-state index contributed by atoms with van der Waals surface area (Å²) in [6, 6.07) is 6.07. The zero-order valence-corrected chi connectivity index (χ0v) is 20.7. The van der Waals surface area contributed by atoms with Gasteiger partial charge in [-0.3, -0.25) is 0 Å². The molecule has 8 heteroatoms. The van der Waals surface area contributed by atoms with Crippen LogP contribution in [0.15, 0.2) is 29.8 Å². The van der Waals surface area contributed by atoms with Crippen molar-refractivity contribution in [3.05, 3.63) is 51.7 Å². The van der Waals surface area contributed by atoms with Crippen LogP contribution >= 0.6 is 11.3 Å². The third-order valence-electron chi connectivity index (χ3n) is 7.25. The molecule has 3 aromatic rings. The number of benzene rings is 1. The van der Waals surface area contributed by atoms with Gasteiger partial charge in [-0.2, -0.15) is 0 Å². The number of nitrogens with zero attached hydrogens (tertiary/aromatic N) is 2. The molecule has 1 aromatic carbocycles. The lowest BCUT2D eigenvalue weighted by Gasteiger charge is -2.23. The molecule has 0 bridgehead atoms. The average molecular weight is 492 g/mol. The number of rotatable bonds is 5. The number of ether oxygens (including phenoxy) is 3. The second kappa shape index (κ2) is 9.49. The van der Waals surface area contributed by atoms with Gasteiger partial charge in [0.25, 0.3) is 0 Å². The summed E-state index contributed by atoms with van der Waals surface area (Å²) in [5, 5.41) is 4.84. The highest BCUT2D eigenvalue weighted by molar-refractivity contribution is 7.19. The first-order valence-corrected chi connectivity index (χ1v) is 13.2. The van der Waals surface area contributed by atoms with Gasteiger partial charge in [0.15, 0.2) is 11.5 Å². The van der Waals surface area contributed by atoms with E-state index in [9.17, 15) is 4.79 Å². The lowest BCUT2D eigenvalue weighted by atomic mass is 9.85. The van der Waals surface area contributed by atoms with Gasteiger partial charge >= 0.3 is 5.97 Å². The lowest BCUT2D eigenvalue weighted by molar-refractivity contribution is -0.134. The number of carbonyl (C=O) groups excluding carboxylic acids is 1. The zero-order chi connectivity index (χ0) is 23.8. The Morgan fingerprint density at radius 3 is 2.83 bits per heavy atom. The van der Waals surface area contributed by atoms with Crippen LogP contribution in [0.2, 0.25) is 0 Å². The molecule has 1 saturated carbocycles. The van der Waals surface area contributed by atoms with Gasteiger partial charge in [0, 0.05) is 23.4 Å². The molecule has 0 radical (unpaired) electrons. The van der Waals surface area contributed by atoms with Crippen molar-refractivity contribution in [3.63, 3.8) is 0 Å². The highest BCUT2D eigenvalue weighted by atomic mass is 32.1. The van der Waals surface area contributed by atoms with Crippen LogP contribution in [0.25, 0.3) is 10.2 Å². The standard InChI is InChI=1S/C27H29N3O4S/c1-32-23(31)13-16-6-9-18(10-7-16)25-29-26(24-19-4-2-3-5-22(19)35-27(24)30-25)28-14-17-8-11-20-21(12-17)34-15-33-20/h8,11-13,18H,2-7,9-10,14-15H2,1H3,(H,28,29,30). The number of hydrogen-bond acceptors (Lipinski definition) is 8. The number of aryl methyl sites for hydroxylation is 2. The molecule has 2 aromatic heterocycles. The molecular formula is C27H29N3O4S. The monoisotopic (exact) mass is 491 g/mol. The van der Waals surface area contributed by atoms with Crippen LogP contribution in [0.4, 0.5) is 5.82 Å². The van der Waals surface area contributed by atoms with Crippen LogP contribution in [0.5, 0.6) is 11.5 Å². The summed E-state index contributed by atoms with van der Waals surface area (Å²) < 4.78 is 15.8. The fourth-order valence-electron chi connectivity index (χ4n) is 5.34. The third kappa shape index (κ3) is 4.47. The maximum absolute atomic E-state index is 11.6. The first-order valence-electron chi connectivity index (χ1n) is 12.4. The van der Waals surface area contributed by atoms with Crippen LogP contribution in [-0.2, 0) is 28.9 Å². The fraction of sp³-hybridized carbons (Fsp3) is 0.444. The van der Waals surface area contributed by atoms with E-state index in [2.05, 4.69) is 11.4 Å². The van der Waals surface area contributed by atoms with Crippen molar-refractivity contribution in [2.75, 3.05) is 19.2 Å². The number of aromatic nitrogens is 2. The average Bonchev–Trinajstić information content (AvgIpc) is 3.51. The first kappa shape index (κ1) is 22.3. The quantitative estimate of drug-likeness (QED) is 0.364. The topological polar surface area (TPSA) is 82.6 Å². The van der Waals surface area contributed by atoms with E-state index in [1.165, 1.54) is 35.8 Å². The number of carbonyl (C=O) groups is 1. The molecule has 3 aliphatic rings. The first-order chi connectivity index (χ1) is 17.2. The normalized spacial score (nSPS) is 18.9. The molecule has 1 fully saturated rings. The lowest BCUT2D eigenvalue weighted by Crippen LogP contribution is -2.13. The van der Waals surface area contributed by atoms with E-state index in [1.807, 2.05) is 23.5 Å². The summed E-state index contributed by atoms with van der Waals surface area (Å²) in [6.07, 6.45) is 10.00. The molecule has 7 nitrogen and oxygen atoms in total. The third-order valence-corrected chi connectivity index (χ3v) is 8.43. The number of anilines is 1. The van der Waals surface area contributed by atoms with E-state index in [-0.39, 0.29) is 12.8 Å². The maximum atomic E-state index is 11.6.